The van der Waals surface area contributed by atoms with Crippen LogP contribution in [0.4, 0.5) is 0 Å². The normalized spacial score (nSPS) is 32.3. The van der Waals surface area contributed by atoms with Crippen LogP contribution in [0, 0.1) is 11.8 Å². The van der Waals surface area contributed by atoms with E-state index in [4.69, 9.17) is 5.73 Å². The van der Waals surface area contributed by atoms with E-state index < -0.39 is 15.1 Å². The fraction of sp³-hybridized carbons (Fsp3) is 1.00. The second-order valence-electron chi connectivity index (χ2n) is 5.13. The van der Waals surface area contributed by atoms with Crippen LogP contribution in [0.15, 0.2) is 0 Å². The zero-order valence-electron chi connectivity index (χ0n) is 9.94. The summed E-state index contributed by atoms with van der Waals surface area (Å²) in [6.07, 6.45) is 5.83. The molecule has 0 aromatic rings. The summed E-state index contributed by atoms with van der Waals surface area (Å²) in [5.41, 5.74) is 6.04. The Bertz CT molecular complexity index is 292. The van der Waals surface area contributed by atoms with Crippen LogP contribution in [0.2, 0.25) is 0 Å². The van der Waals surface area contributed by atoms with Crippen LogP contribution in [0.3, 0.4) is 0 Å². The number of rotatable bonds is 3. The van der Waals surface area contributed by atoms with Gasteiger partial charge in [0.1, 0.15) is 0 Å². The van der Waals surface area contributed by atoms with Crippen molar-refractivity contribution in [2.75, 3.05) is 6.26 Å². The van der Waals surface area contributed by atoms with Gasteiger partial charge in [0.05, 0.1) is 5.25 Å². The molecule has 1 aliphatic rings. The number of nitrogens with two attached hydrogens (primary N) is 1. The van der Waals surface area contributed by atoms with Crippen molar-refractivity contribution in [3.8, 4) is 0 Å². The average molecular weight is 233 g/mol. The lowest BCUT2D eigenvalue weighted by atomic mass is 9.79. The van der Waals surface area contributed by atoms with E-state index >= 15 is 0 Å². The van der Waals surface area contributed by atoms with Gasteiger partial charge in [-0.25, -0.2) is 8.42 Å². The Hall–Kier alpha value is -0.0900. The fourth-order valence-corrected chi connectivity index (χ4v) is 3.13. The quantitative estimate of drug-likeness (QED) is 0.805. The van der Waals surface area contributed by atoms with E-state index in [0.717, 1.165) is 18.8 Å². The summed E-state index contributed by atoms with van der Waals surface area (Å²) in [5, 5.41) is -0.407. The van der Waals surface area contributed by atoms with Gasteiger partial charge in [0.2, 0.25) is 0 Å². The van der Waals surface area contributed by atoms with Crippen LogP contribution in [-0.4, -0.2) is 26.0 Å². The first kappa shape index (κ1) is 13.0. The van der Waals surface area contributed by atoms with E-state index in [1.165, 1.54) is 19.1 Å². The van der Waals surface area contributed by atoms with Crippen LogP contribution in [0.5, 0.6) is 0 Å². The van der Waals surface area contributed by atoms with Crippen molar-refractivity contribution < 1.29 is 8.42 Å². The number of sulfone groups is 1. The Balaban J connectivity index is 2.57. The van der Waals surface area contributed by atoms with Crippen molar-refractivity contribution in [2.45, 2.75) is 50.8 Å². The lowest BCUT2D eigenvalue weighted by Crippen LogP contribution is -2.44. The Kier molecular flexibility index (Phi) is 4.18. The Labute approximate surface area is 93.3 Å². The van der Waals surface area contributed by atoms with Gasteiger partial charge in [-0.15, -0.1) is 0 Å². The van der Waals surface area contributed by atoms with Crippen molar-refractivity contribution in [1.82, 2.24) is 0 Å². The third kappa shape index (κ3) is 3.45. The zero-order chi connectivity index (χ0) is 11.6. The molecule has 0 heterocycles. The Morgan fingerprint density at radius 1 is 1.20 bits per heavy atom. The third-order valence-electron chi connectivity index (χ3n) is 3.82. The van der Waals surface area contributed by atoms with E-state index in [9.17, 15) is 8.42 Å². The summed E-state index contributed by atoms with van der Waals surface area (Å²) in [6.45, 7) is 3.99. The molecule has 0 spiro atoms. The largest absolute Gasteiger partial charge is 0.326 e. The summed E-state index contributed by atoms with van der Waals surface area (Å²) in [7, 11) is -2.99. The van der Waals surface area contributed by atoms with Gasteiger partial charge in [-0.1, -0.05) is 19.8 Å². The highest BCUT2D eigenvalue weighted by Gasteiger charge is 2.31. The van der Waals surface area contributed by atoms with E-state index in [1.54, 1.807) is 6.92 Å². The lowest BCUT2D eigenvalue weighted by Gasteiger charge is -2.33. The molecule has 15 heavy (non-hydrogen) atoms. The SMILES string of the molecule is CC1CCC(C(N)C(C)S(C)(=O)=O)CC1. The van der Waals surface area contributed by atoms with E-state index in [-0.39, 0.29) is 6.04 Å². The van der Waals surface area contributed by atoms with Crippen LogP contribution in [0.25, 0.3) is 0 Å². The van der Waals surface area contributed by atoms with Crippen LogP contribution < -0.4 is 5.73 Å². The summed E-state index contributed by atoms with van der Waals surface area (Å²) < 4.78 is 22.8. The van der Waals surface area contributed by atoms with Crippen molar-refractivity contribution in [2.24, 2.45) is 17.6 Å². The first-order valence-corrected chi connectivity index (χ1v) is 7.72. The molecule has 1 aliphatic carbocycles. The van der Waals surface area contributed by atoms with Crippen LogP contribution in [0.1, 0.15) is 39.5 Å². The average Bonchev–Trinajstić information content (AvgIpc) is 2.15. The first-order chi connectivity index (χ1) is 6.82. The summed E-state index contributed by atoms with van der Waals surface area (Å²) >= 11 is 0. The van der Waals surface area contributed by atoms with Gasteiger partial charge in [-0.05, 0) is 31.6 Å². The van der Waals surface area contributed by atoms with E-state index in [2.05, 4.69) is 6.92 Å². The minimum atomic E-state index is -2.99. The highest BCUT2D eigenvalue weighted by Crippen LogP contribution is 2.31. The lowest BCUT2D eigenvalue weighted by molar-refractivity contribution is 0.252. The van der Waals surface area contributed by atoms with Crippen molar-refractivity contribution >= 4 is 9.84 Å². The van der Waals surface area contributed by atoms with Gasteiger partial charge in [0.15, 0.2) is 9.84 Å². The zero-order valence-corrected chi connectivity index (χ0v) is 10.8. The highest BCUT2D eigenvalue weighted by atomic mass is 32.2. The summed E-state index contributed by atoms with van der Waals surface area (Å²) in [6, 6.07) is -0.188. The molecule has 0 bridgehead atoms. The monoisotopic (exact) mass is 233 g/mol. The molecule has 0 aromatic carbocycles. The molecule has 2 atom stereocenters. The molecule has 0 aliphatic heterocycles. The molecule has 0 radical (unpaired) electrons. The molecule has 2 N–H and O–H groups in total. The second-order valence-corrected chi connectivity index (χ2v) is 7.53. The van der Waals surface area contributed by atoms with E-state index in [1.807, 2.05) is 0 Å². The third-order valence-corrected chi connectivity index (χ3v) is 5.49. The van der Waals surface area contributed by atoms with Gasteiger partial charge in [-0.3, -0.25) is 0 Å². The van der Waals surface area contributed by atoms with Crippen molar-refractivity contribution in [1.29, 1.82) is 0 Å². The first-order valence-electron chi connectivity index (χ1n) is 5.76. The molecule has 2 unspecified atom stereocenters. The summed E-state index contributed by atoms with van der Waals surface area (Å²) in [5.74, 6) is 1.17. The van der Waals surface area contributed by atoms with Crippen molar-refractivity contribution in [3.05, 3.63) is 0 Å². The number of hydrogen-bond donors (Lipinski definition) is 1. The summed E-state index contributed by atoms with van der Waals surface area (Å²) in [4.78, 5) is 0. The molecule has 3 nitrogen and oxygen atoms in total. The second kappa shape index (κ2) is 4.83. The molecule has 1 rings (SSSR count). The minimum Gasteiger partial charge on any atom is -0.326 e. The van der Waals surface area contributed by atoms with Gasteiger partial charge >= 0.3 is 0 Å². The topological polar surface area (TPSA) is 60.2 Å². The molecule has 0 saturated heterocycles. The molecule has 4 heteroatoms. The van der Waals surface area contributed by atoms with Crippen LogP contribution in [-0.2, 0) is 9.84 Å². The molecular formula is C11H23NO2S. The maximum Gasteiger partial charge on any atom is 0.151 e. The molecule has 1 saturated carbocycles. The standard InChI is InChI=1S/C11H23NO2S/c1-8-4-6-10(7-5-8)11(12)9(2)15(3,13)14/h8-11H,4-7,12H2,1-3H3. The smallest absolute Gasteiger partial charge is 0.151 e. The highest BCUT2D eigenvalue weighted by molar-refractivity contribution is 7.91. The maximum atomic E-state index is 11.4. The molecule has 1 fully saturated rings. The fourth-order valence-electron chi connectivity index (χ4n) is 2.34. The van der Waals surface area contributed by atoms with Gasteiger partial charge < -0.3 is 5.73 Å². The molecule has 0 amide bonds. The van der Waals surface area contributed by atoms with Gasteiger partial charge in [0, 0.05) is 12.3 Å². The number of hydrogen-bond acceptors (Lipinski definition) is 3. The van der Waals surface area contributed by atoms with Gasteiger partial charge in [0.25, 0.3) is 0 Å². The molecule has 0 aromatic heterocycles. The van der Waals surface area contributed by atoms with Crippen LogP contribution >= 0.6 is 0 Å². The molecular weight excluding hydrogens is 210 g/mol. The Morgan fingerprint density at radius 3 is 2.07 bits per heavy atom. The van der Waals surface area contributed by atoms with Crippen molar-refractivity contribution in [3.63, 3.8) is 0 Å². The predicted octanol–water partition coefficient (Wildman–Crippen LogP) is 1.57. The predicted molar refractivity (Wildman–Crippen MR) is 63.4 cm³/mol. The van der Waals surface area contributed by atoms with E-state index in [0.29, 0.717) is 5.92 Å². The maximum absolute atomic E-state index is 11.4. The van der Waals surface area contributed by atoms with Gasteiger partial charge in [-0.2, -0.15) is 0 Å². The Morgan fingerprint density at radius 2 is 1.67 bits per heavy atom. The minimum absolute atomic E-state index is 0.188. The molecule has 90 valence electrons.